The number of benzene rings is 1. The van der Waals surface area contributed by atoms with Crippen LogP contribution in [-0.4, -0.2) is 43.9 Å². The molecular weight excluding hydrogens is 360 g/mol. The molecule has 2 aromatic rings. The highest BCUT2D eigenvalue weighted by Gasteiger charge is 2.32. The molecule has 1 aliphatic rings. The van der Waals surface area contributed by atoms with E-state index in [0.717, 1.165) is 28.1 Å². The summed E-state index contributed by atoms with van der Waals surface area (Å²) in [5.74, 6) is 0.768. The van der Waals surface area contributed by atoms with Gasteiger partial charge in [0.2, 0.25) is 10.0 Å². The van der Waals surface area contributed by atoms with Crippen LogP contribution in [0.15, 0.2) is 29.3 Å². The van der Waals surface area contributed by atoms with E-state index in [9.17, 15) is 8.42 Å². The van der Waals surface area contributed by atoms with Crippen molar-refractivity contribution >= 4 is 15.8 Å². The quantitative estimate of drug-likeness (QED) is 0.813. The van der Waals surface area contributed by atoms with Gasteiger partial charge in [-0.25, -0.2) is 13.4 Å². The molecule has 1 aliphatic heterocycles. The molecule has 0 bridgehead atoms. The number of pyridine rings is 1. The van der Waals surface area contributed by atoms with Crippen molar-refractivity contribution < 1.29 is 8.42 Å². The second-order valence-corrected chi connectivity index (χ2v) is 8.87. The van der Waals surface area contributed by atoms with Crippen LogP contribution in [-0.2, 0) is 10.0 Å². The Morgan fingerprint density at radius 2 is 1.59 bits per heavy atom. The summed E-state index contributed by atoms with van der Waals surface area (Å²) in [7, 11) is -3.54. The van der Waals surface area contributed by atoms with E-state index in [2.05, 4.69) is 11.1 Å². The second-order valence-electron chi connectivity index (χ2n) is 7.00. The lowest BCUT2D eigenvalue weighted by Gasteiger charge is -2.35. The first kappa shape index (κ1) is 19.3. The average molecular weight is 385 g/mol. The summed E-state index contributed by atoms with van der Waals surface area (Å²) < 4.78 is 28.2. The van der Waals surface area contributed by atoms with Gasteiger partial charge in [-0.1, -0.05) is 6.07 Å². The molecule has 0 spiro atoms. The molecule has 0 aliphatic carbocycles. The Morgan fingerprint density at radius 3 is 2.07 bits per heavy atom. The second kappa shape index (κ2) is 7.29. The maximum Gasteiger partial charge on any atom is 0.243 e. The number of hydrogen-bond donors (Lipinski definition) is 0. The number of anilines is 1. The van der Waals surface area contributed by atoms with Gasteiger partial charge in [-0.2, -0.15) is 9.57 Å². The van der Waals surface area contributed by atoms with Crippen LogP contribution in [0.4, 0.5) is 5.82 Å². The van der Waals surface area contributed by atoms with Crippen molar-refractivity contribution in [3.8, 4) is 6.07 Å². The van der Waals surface area contributed by atoms with Crippen molar-refractivity contribution in [3.63, 3.8) is 0 Å². The highest BCUT2D eigenvalue weighted by Crippen LogP contribution is 2.29. The fraction of sp³-hybridized carbons (Fsp3) is 0.400. The van der Waals surface area contributed by atoms with Gasteiger partial charge in [0, 0.05) is 32.4 Å². The first-order valence-electron chi connectivity index (χ1n) is 8.94. The summed E-state index contributed by atoms with van der Waals surface area (Å²) in [6.45, 7) is 9.63. The molecule has 0 atom stereocenters. The van der Waals surface area contributed by atoms with Gasteiger partial charge < -0.3 is 4.90 Å². The Balaban J connectivity index is 1.82. The fourth-order valence-corrected chi connectivity index (χ4v) is 5.49. The third-order valence-electron chi connectivity index (χ3n) is 5.33. The van der Waals surface area contributed by atoms with E-state index >= 15 is 0 Å². The van der Waals surface area contributed by atoms with E-state index in [4.69, 9.17) is 5.26 Å². The zero-order chi connectivity index (χ0) is 19.8. The summed E-state index contributed by atoms with van der Waals surface area (Å²) >= 11 is 0. The van der Waals surface area contributed by atoms with Crippen LogP contribution >= 0.6 is 0 Å². The number of hydrogen-bond acceptors (Lipinski definition) is 5. The summed E-state index contributed by atoms with van der Waals surface area (Å²) in [5, 5.41) is 8.88. The first-order valence-corrected chi connectivity index (χ1v) is 10.4. The van der Waals surface area contributed by atoms with Crippen molar-refractivity contribution in [1.29, 1.82) is 5.26 Å². The van der Waals surface area contributed by atoms with Crippen molar-refractivity contribution in [2.24, 2.45) is 0 Å². The number of nitrogens with zero attached hydrogens (tertiary/aromatic N) is 4. The van der Waals surface area contributed by atoms with E-state index in [-0.39, 0.29) is 0 Å². The molecule has 2 heterocycles. The molecule has 0 N–H and O–H groups in total. The number of nitriles is 1. The van der Waals surface area contributed by atoms with Crippen LogP contribution in [0.2, 0.25) is 0 Å². The molecule has 1 fully saturated rings. The number of aryl methyl sites for hydroxylation is 2. The van der Waals surface area contributed by atoms with Crippen LogP contribution in [0.1, 0.15) is 27.8 Å². The van der Waals surface area contributed by atoms with Crippen molar-refractivity contribution in [1.82, 2.24) is 9.29 Å². The van der Waals surface area contributed by atoms with Crippen molar-refractivity contribution in [2.75, 3.05) is 31.1 Å². The molecule has 142 valence electrons. The topological polar surface area (TPSA) is 77.3 Å². The Labute approximate surface area is 161 Å². The normalized spacial score (nSPS) is 15.6. The van der Waals surface area contributed by atoms with Gasteiger partial charge >= 0.3 is 0 Å². The molecule has 1 aromatic heterocycles. The third kappa shape index (κ3) is 3.55. The first-order chi connectivity index (χ1) is 12.8. The van der Waals surface area contributed by atoms with Crippen LogP contribution in [0.5, 0.6) is 0 Å². The van der Waals surface area contributed by atoms with Crippen LogP contribution in [0.25, 0.3) is 0 Å². The van der Waals surface area contributed by atoms with Gasteiger partial charge in [-0.15, -0.1) is 0 Å². The zero-order valence-electron chi connectivity index (χ0n) is 16.2. The third-order valence-corrected chi connectivity index (χ3v) is 7.51. The van der Waals surface area contributed by atoms with E-state index < -0.39 is 10.0 Å². The lowest BCUT2D eigenvalue weighted by Crippen LogP contribution is -2.49. The van der Waals surface area contributed by atoms with Gasteiger partial charge in [0.25, 0.3) is 0 Å². The van der Waals surface area contributed by atoms with E-state index in [1.54, 1.807) is 22.6 Å². The van der Waals surface area contributed by atoms with Gasteiger partial charge in [0.05, 0.1) is 10.5 Å². The number of aromatic nitrogens is 1. The van der Waals surface area contributed by atoms with Crippen molar-refractivity contribution in [3.05, 3.63) is 52.2 Å². The zero-order valence-corrected chi connectivity index (χ0v) is 17.0. The summed E-state index contributed by atoms with van der Waals surface area (Å²) in [4.78, 5) is 6.80. The molecule has 0 amide bonds. The highest BCUT2D eigenvalue weighted by molar-refractivity contribution is 7.89. The standard InChI is InChI=1S/C20H24N4O2S/c1-14-11-15(2)17(4)20(16(14)3)27(25,26)24-9-7-23(8-10-24)19-6-5-18(12-21)13-22-19/h5-6,11,13H,7-10H2,1-4H3. The number of sulfonamides is 1. The Morgan fingerprint density at radius 1 is 1.00 bits per heavy atom. The molecule has 1 aromatic carbocycles. The minimum Gasteiger partial charge on any atom is -0.354 e. The molecule has 7 heteroatoms. The van der Waals surface area contributed by atoms with Crippen LogP contribution < -0.4 is 4.90 Å². The predicted octanol–water partition coefficient (Wildman–Crippen LogP) is 2.70. The Kier molecular flexibility index (Phi) is 5.22. The molecule has 3 rings (SSSR count). The minimum absolute atomic E-state index is 0.413. The summed E-state index contributed by atoms with van der Waals surface area (Å²) in [6.07, 6.45) is 1.54. The lowest BCUT2D eigenvalue weighted by molar-refractivity contribution is 0.383. The number of piperazine rings is 1. The maximum absolute atomic E-state index is 13.3. The van der Waals surface area contributed by atoms with Crippen LogP contribution in [0, 0.1) is 39.0 Å². The SMILES string of the molecule is Cc1cc(C)c(C)c(S(=O)(=O)N2CCN(c3ccc(C#N)cn3)CC2)c1C. The maximum atomic E-state index is 13.3. The van der Waals surface area contributed by atoms with Gasteiger partial charge in [-0.05, 0) is 62.1 Å². The highest BCUT2D eigenvalue weighted by atomic mass is 32.2. The summed E-state index contributed by atoms with van der Waals surface area (Å²) in [6, 6.07) is 7.63. The molecule has 0 radical (unpaired) electrons. The van der Waals surface area contributed by atoms with Crippen LogP contribution in [0.3, 0.4) is 0 Å². The lowest BCUT2D eigenvalue weighted by atomic mass is 10.0. The minimum atomic E-state index is -3.54. The van der Waals surface area contributed by atoms with E-state index in [1.807, 2.05) is 38.7 Å². The van der Waals surface area contributed by atoms with Crippen molar-refractivity contribution in [2.45, 2.75) is 32.6 Å². The monoisotopic (exact) mass is 384 g/mol. The number of rotatable bonds is 3. The largest absolute Gasteiger partial charge is 0.354 e. The summed E-state index contributed by atoms with van der Waals surface area (Å²) in [5.41, 5.74) is 4.17. The molecular formula is C20H24N4O2S. The molecule has 0 saturated carbocycles. The predicted molar refractivity (Wildman–Crippen MR) is 105 cm³/mol. The average Bonchev–Trinajstić information content (AvgIpc) is 2.66. The Bertz CT molecular complexity index is 974. The molecule has 0 unspecified atom stereocenters. The van der Waals surface area contributed by atoms with Gasteiger partial charge in [-0.3, -0.25) is 0 Å². The van der Waals surface area contributed by atoms with Gasteiger partial charge in [0.1, 0.15) is 11.9 Å². The molecule has 6 nitrogen and oxygen atoms in total. The smallest absolute Gasteiger partial charge is 0.243 e. The molecule has 1 saturated heterocycles. The molecule has 27 heavy (non-hydrogen) atoms. The van der Waals surface area contributed by atoms with E-state index in [1.165, 1.54) is 0 Å². The fourth-order valence-electron chi connectivity index (χ4n) is 3.49. The Hall–Kier alpha value is -2.43. The van der Waals surface area contributed by atoms with Gasteiger partial charge in [0.15, 0.2) is 0 Å². The van der Waals surface area contributed by atoms with E-state index in [0.29, 0.717) is 36.6 Å².